The number of alkyl halides is 1. The number of carbonyl (C=O) groups is 1. The summed E-state index contributed by atoms with van der Waals surface area (Å²) in [5.74, 6) is 0.366. The molecule has 0 unspecified atom stereocenters. The molecule has 2 heterocycles. The Morgan fingerprint density at radius 3 is 3.15 bits per heavy atom. The maximum absolute atomic E-state index is 11.9. The van der Waals surface area contributed by atoms with Gasteiger partial charge in [-0.25, -0.2) is 4.79 Å². The summed E-state index contributed by atoms with van der Waals surface area (Å²) in [6.07, 6.45) is 3.88. The molecular formula is C13H15ClN2O2S2. The molecule has 2 rings (SSSR count). The third-order valence-electron chi connectivity index (χ3n) is 3.03. The maximum Gasteiger partial charge on any atom is 0.410 e. The van der Waals surface area contributed by atoms with Crippen LogP contribution in [0.3, 0.4) is 0 Å². The molecule has 0 aliphatic carbocycles. The summed E-state index contributed by atoms with van der Waals surface area (Å²) in [6, 6.07) is -0.0733. The minimum atomic E-state index is -0.357. The Bertz CT molecular complexity index is 579. The lowest BCUT2D eigenvalue weighted by molar-refractivity contribution is 0.103. The number of rotatable bonds is 4. The van der Waals surface area contributed by atoms with Crippen molar-refractivity contribution in [3.8, 4) is 0 Å². The standard InChI is InChI=1S/C13H15ClN2O2S2/c1-2-5-18-13(17)16-4-3-9(6-10(16)7-14)11-8-20-12(19)15-11/h2-3,8,10H,1,4-7H2,(H,15,19)/t10-/m0/s1. The average molecular weight is 331 g/mol. The summed E-state index contributed by atoms with van der Waals surface area (Å²) in [5.41, 5.74) is 2.14. The first-order valence-electron chi connectivity index (χ1n) is 6.13. The molecule has 1 amide bonds. The number of halogens is 1. The molecule has 1 aromatic rings. The third kappa shape index (κ3) is 3.50. The number of ether oxygens (including phenoxy) is 1. The minimum absolute atomic E-state index is 0.0733. The second-order valence-corrected chi connectivity index (χ2v) is 6.18. The van der Waals surface area contributed by atoms with Gasteiger partial charge in [-0.05, 0) is 24.2 Å². The van der Waals surface area contributed by atoms with E-state index >= 15 is 0 Å². The summed E-state index contributed by atoms with van der Waals surface area (Å²) in [6.45, 7) is 4.22. The topological polar surface area (TPSA) is 45.3 Å². The zero-order valence-corrected chi connectivity index (χ0v) is 13.2. The Labute approximate surface area is 131 Å². The number of hydrogen-bond acceptors (Lipinski definition) is 4. The number of aromatic amines is 1. The molecule has 0 saturated heterocycles. The van der Waals surface area contributed by atoms with Crippen LogP contribution in [0.2, 0.25) is 0 Å². The van der Waals surface area contributed by atoms with Gasteiger partial charge in [0.1, 0.15) is 6.61 Å². The molecule has 0 bridgehead atoms. The van der Waals surface area contributed by atoms with Crippen LogP contribution in [0.5, 0.6) is 0 Å². The molecule has 0 aromatic carbocycles. The number of nitrogens with zero attached hydrogens (tertiary/aromatic N) is 1. The quantitative estimate of drug-likeness (QED) is 0.518. The van der Waals surface area contributed by atoms with Crippen molar-refractivity contribution in [1.29, 1.82) is 0 Å². The molecule has 20 heavy (non-hydrogen) atoms. The second kappa shape index (κ2) is 7.06. The number of hydrogen-bond donors (Lipinski definition) is 1. The van der Waals surface area contributed by atoms with E-state index in [4.69, 9.17) is 28.6 Å². The monoisotopic (exact) mass is 330 g/mol. The average Bonchev–Trinajstić information content (AvgIpc) is 2.90. The predicted molar refractivity (Wildman–Crippen MR) is 84.9 cm³/mol. The van der Waals surface area contributed by atoms with Crippen LogP contribution in [0, 0.1) is 3.95 Å². The highest BCUT2D eigenvalue weighted by Gasteiger charge is 2.28. The lowest BCUT2D eigenvalue weighted by Crippen LogP contribution is -2.44. The fourth-order valence-corrected chi connectivity index (χ4v) is 3.17. The van der Waals surface area contributed by atoms with E-state index in [9.17, 15) is 4.79 Å². The zero-order chi connectivity index (χ0) is 14.5. The van der Waals surface area contributed by atoms with Gasteiger partial charge >= 0.3 is 6.09 Å². The summed E-state index contributed by atoms with van der Waals surface area (Å²) < 4.78 is 5.81. The van der Waals surface area contributed by atoms with Gasteiger partial charge in [0.15, 0.2) is 3.95 Å². The highest BCUT2D eigenvalue weighted by molar-refractivity contribution is 7.73. The smallest absolute Gasteiger partial charge is 0.410 e. The Balaban J connectivity index is 2.12. The van der Waals surface area contributed by atoms with Crippen LogP contribution < -0.4 is 0 Å². The molecule has 1 aliphatic rings. The van der Waals surface area contributed by atoms with Crippen molar-refractivity contribution in [2.75, 3.05) is 19.0 Å². The minimum Gasteiger partial charge on any atom is -0.445 e. The first-order chi connectivity index (χ1) is 9.65. The molecule has 0 fully saturated rings. The summed E-state index contributed by atoms with van der Waals surface area (Å²) in [7, 11) is 0. The first-order valence-corrected chi connectivity index (χ1v) is 7.95. The predicted octanol–water partition coefficient (Wildman–Crippen LogP) is 3.82. The van der Waals surface area contributed by atoms with E-state index in [1.807, 2.05) is 11.5 Å². The van der Waals surface area contributed by atoms with Crippen LogP contribution in [-0.4, -0.2) is 41.1 Å². The summed E-state index contributed by atoms with van der Waals surface area (Å²) in [5, 5.41) is 1.99. The molecule has 1 aliphatic heterocycles. The fourth-order valence-electron chi connectivity index (χ4n) is 2.04. The first kappa shape index (κ1) is 15.3. The van der Waals surface area contributed by atoms with E-state index in [0.29, 0.717) is 18.8 Å². The lowest BCUT2D eigenvalue weighted by atomic mass is 9.99. The van der Waals surface area contributed by atoms with Gasteiger partial charge in [-0.1, -0.05) is 18.7 Å². The van der Waals surface area contributed by atoms with Gasteiger partial charge < -0.3 is 9.72 Å². The van der Waals surface area contributed by atoms with E-state index < -0.39 is 0 Å². The number of aromatic nitrogens is 1. The van der Waals surface area contributed by atoms with Crippen LogP contribution in [0.4, 0.5) is 4.79 Å². The van der Waals surface area contributed by atoms with Gasteiger partial charge in [0, 0.05) is 17.8 Å². The highest BCUT2D eigenvalue weighted by atomic mass is 35.5. The van der Waals surface area contributed by atoms with Crippen LogP contribution in [0.1, 0.15) is 12.1 Å². The normalized spacial score (nSPS) is 18.6. The molecule has 1 atom stereocenters. The zero-order valence-electron chi connectivity index (χ0n) is 10.8. The SMILES string of the molecule is C=CCOC(=O)N1CC=C(c2csc(=S)[nH]2)C[C@H]1CCl. The van der Waals surface area contributed by atoms with E-state index in [-0.39, 0.29) is 18.7 Å². The lowest BCUT2D eigenvalue weighted by Gasteiger charge is -2.33. The van der Waals surface area contributed by atoms with E-state index in [2.05, 4.69) is 11.6 Å². The maximum atomic E-state index is 11.9. The molecule has 108 valence electrons. The van der Waals surface area contributed by atoms with Gasteiger partial charge in [-0.2, -0.15) is 0 Å². The van der Waals surface area contributed by atoms with Gasteiger partial charge in [0.25, 0.3) is 0 Å². The van der Waals surface area contributed by atoms with Crippen molar-refractivity contribution in [1.82, 2.24) is 9.88 Å². The molecule has 0 radical (unpaired) electrons. The van der Waals surface area contributed by atoms with Crippen LogP contribution in [0.15, 0.2) is 24.1 Å². The Morgan fingerprint density at radius 2 is 2.55 bits per heavy atom. The van der Waals surface area contributed by atoms with Crippen molar-refractivity contribution >= 4 is 46.8 Å². The van der Waals surface area contributed by atoms with Crippen molar-refractivity contribution in [2.45, 2.75) is 12.5 Å². The van der Waals surface area contributed by atoms with Crippen molar-refractivity contribution < 1.29 is 9.53 Å². The summed E-state index contributed by atoms with van der Waals surface area (Å²) in [4.78, 5) is 16.7. The van der Waals surface area contributed by atoms with Crippen LogP contribution in [-0.2, 0) is 4.74 Å². The summed E-state index contributed by atoms with van der Waals surface area (Å²) >= 11 is 12.6. The van der Waals surface area contributed by atoms with Crippen molar-refractivity contribution in [3.63, 3.8) is 0 Å². The van der Waals surface area contributed by atoms with Crippen LogP contribution >= 0.6 is 35.2 Å². The van der Waals surface area contributed by atoms with Gasteiger partial charge in [0.05, 0.1) is 11.7 Å². The van der Waals surface area contributed by atoms with Gasteiger partial charge in [0.2, 0.25) is 0 Å². The highest BCUT2D eigenvalue weighted by Crippen LogP contribution is 2.27. The van der Waals surface area contributed by atoms with Crippen LogP contribution in [0.25, 0.3) is 5.57 Å². The number of nitrogens with one attached hydrogen (secondary N) is 1. The number of amides is 1. The molecule has 1 aromatic heterocycles. The number of H-pyrrole nitrogens is 1. The molecule has 0 spiro atoms. The van der Waals surface area contributed by atoms with Crippen molar-refractivity contribution in [2.24, 2.45) is 0 Å². The Hall–Kier alpha value is -1.11. The molecular weight excluding hydrogens is 316 g/mol. The van der Waals surface area contributed by atoms with Crippen molar-refractivity contribution in [3.05, 3.63) is 33.8 Å². The Morgan fingerprint density at radius 1 is 1.75 bits per heavy atom. The molecule has 7 heteroatoms. The van der Waals surface area contributed by atoms with Gasteiger partial charge in [-0.15, -0.1) is 22.9 Å². The van der Waals surface area contributed by atoms with E-state index in [1.165, 1.54) is 11.3 Å². The largest absolute Gasteiger partial charge is 0.445 e. The molecule has 0 saturated carbocycles. The van der Waals surface area contributed by atoms with E-state index in [1.54, 1.807) is 11.0 Å². The van der Waals surface area contributed by atoms with Gasteiger partial charge in [-0.3, -0.25) is 4.90 Å². The Kier molecular flexibility index (Phi) is 5.39. The third-order valence-corrected chi connectivity index (χ3v) is 4.45. The fraction of sp³-hybridized carbons (Fsp3) is 0.385. The number of carbonyl (C=O) groups excluding carboxylic acids is 1. The number of thiazole rings is 1. The second-order valence-electron chi connectivity index (χ2n) is 4.32. The molecule has 1 N–H and O–H groups in total. The molecule has 4 nitrogen and oxygen atoms in total. The van der Waals surface area contributed by atoms with E-state index in [0.717, 1.165) is 15.2 Å².